The summed E-state index contributed by atoms with van der Waals surface area (Å²) in [6, 6.07) is 5.61. The standard InChI is InChI=1S/C8H7BrN4/c9-6-2-1-3-7(10)8(6)13-5-11-4-12-13/h1-5H,10H2. The van der Waals surface area contributed by atoms with Crippen LogP contribution in [0.25, 0.3) is 5.69 Å². The monoisotopic (exact) mass is 238 g/mol. The molecule has 0 atom stereocenters. The van der Waals surface area contributed by atoms with Crippen molar-refractivity contribution in [2.45, 2.75) is 0 Å². The molecule has 0 unspecified atom stereocenters. The van der Waals surface area contributed by atoms with Crippen molar-refractivity contribution in [2.75, 3.05) is 5.73 Å². The van der Waals surface area contributed by atoms with Gasteiger partial charge in [0.25, 0.3) is 0 Å². The van der Waals surface area contributed by atoms with Gasteiger partial charge in [0.15, 0.2) is 0 Å². The van der Waals surface area contributed by atoms with Gasteiger partial charge in [-0.05, 0) is 28.1 Å². The SMILES string of the molecule is Nc1cccc(Br)c1-n1cncn1. The molecule has 13 heavy (non-hydrogen) atoms. The molecule has 1 aromatic heterocycles. The van der Waals surface area contributed by atoms with E-state index in [0.29, 0.717) is 5.69 Å². The van der Waals surface area contributed by atoms with Crippen LogP contribution in [0, 0.1) is 0 Å². The van der Waals surface area contributed by atoms with E-state index >= 15 is 0 Å². The molecule has 0 spiro atoms. The molecule has 4 nitrogen and oxygen atoms in total. The summed E-state index contributed by atoms with van der Waals surface area (Å²) < 4.78 is 2.53. The maximum absolute atomic E-state index is 5.79. The van der Waals surface area contributed by atoms with E-state index in [1.807, 2.05) is 18.2 Å². The van der Waals surface area contributed by atoms with Crippen LogP contribution in [0.15, 0.2) is 35.3 Å². The van der Waals surface area contributed by atoms with Crippen molar-refractivity contribution in [3.63, 3.8) is 0 Å². The minimum Gasteiger partial charge on any atom is -0.397 e. The van der Waals surface area contributed by atoms with Crippen LogP contribution in [0.3, 0.4) is 0 Å². The van der Waals surface area contributed by atoms with Gasteiger partial charge in [-0.3, -0.25) is 0 Å². The number of benzene rings is 1. The molecule has 1 aromatic carbocycles. The van der Waals surface area contributed by atoms with Crippen molar-refractivity contribution >= 4 is 21.6 Å². The van der Waals surface area contributed by atoms with Crippen molar-refractivity contribution in [1.82, 2.24) is 14.8 Å². The Balaban J connectivity index is 2.64. The fourth-order valence-electron chi connectivity index (χ4n) is 1.10. The number of nitrogens with two attached hydrogens (primary N) is 1. The first-order valence-electron chi connectivity index (χ1n) is 3.68. The summed E-state index contributed by atoms with van der Waals surface area (Å²) in [5, 5.41) is 4.00. The highest BCUT2D eigenvalue weighted by molar-refractivity contribution is 9.10. The number of hydrogen-bond acceptors (Lipinski definition) is 3. The van der Waals surface area contributed by atoms with Gasteiger partial charge in [-0.2, -0.15) is 5.10 Å². The Hall–Kier alpha value is -1.36. The highest BCUT2D eigenvalue weighted by atomic mass is 79.9. The molecule has 0 saturated heterocycles. The first-order valence-corrected chi connectivity index (χ1v) is 4.47. The van der Waals surface area contributed by atoms with Crippen LogP contribution in [0.5, 0.6) is 0 Å². The zero-order chi connectivity index (χ0) is 9.26. The summed E-state index contributed by atoms with van der Waals surface area (Å²) in [6.45, 7) is 0. The Bertz CT molecular complexity index is 390. The summed E-state index contributed by atoms with van der Waals surface area (Å²) >= 11 is 3.40. The summed E-state index contributed by atoms with van der Waals surface area (Å²) in [7, 11) is 0. The van der Waals surface area contributed by atoms with Gasteiger partial charge in [-0.25, -0.2) is 9.67 Å². The number of halogens is 1. The van der Waals surface area contributed by atoms with Crippen molar-refractivity contribution in [2.24, 2.45) is 0 Å². The van der Waals surface area contributed by atoms with Crippen LogP contribution >= 0.6 is 15.9 Å². The molecular formula is C8H7BrN4. The lowest BCUT2D eigenvalue weighted by atomic mass is 10.3. The van der Waals surface area contributed by atoms with Crippen molar-refractivity contribution in [3.8, 4) is 5.69 Å². The normalized spacial score (nSPS) is 10.2. The molecular weight excluding hydrogens is 232 g/mol. The van der Waals surface area contributed by atoms with Gasteiger partial charge in [-0.15, -0.1) is 0 Å². The van der Waals surface area contributed by atoms with E-state index in [-0.39, 0.29) is 0 Å². The second kappa shape index (κ2) is 3.18. The molecule has 66 valence electrons. The zero-order valence-corrected chi connectivity index (χ0v) is 8.27. The summed E-state index contributed by atoms with van der Waals surface area (Å²) in [6.07, 6.45) is 3.08. The maximum atomic E-state index is 5.79. The average Bonchev–Trinajstić information content (AvgIpc) is 2.57. The van der Waals surface area contributed by atoms with Gasteiger partial charge < -0.3 is 5.73 Å². The average molecular weight is 239 g/mol. The molecule has 1 heterocycles. The van der Waals surface area contributed by atoms with Crippen LogP contribution in [-0.4, -0.2) is 14.8 Å². The number of hydrogen-bond donors (Lipinski definition) is 1. The lowest BCUT2D eigenvalue weighted by molar-refractivity contribution is 0.877. The molecule has 2 rings (SSSR count). The van der Waals surface area contributed by atoms with Crippen LogP contribution < -0.4 is 5.73 Å². The smallest absolute Gasteiger partial charge is 0.138 e. The molecule has 0 amide bonds. The van der Waals surface area contributed by atoms with Gasteiger partial charge in [0.2, 0.25) is 0 Å². The molecule has 0 aliphatic rings. The number of nitrogen functional groups attached to an aromatic ring is 1. The fraction of sp³-hybridized carbons (Fsp3) is 0. The second-order valence-electron chi connectivity index (χ2n) is 2.52. The largest absolute Gasteiger partial charge is 0.397 e. The quantitative estimate of drug-likeness (QED) is 0.769. The van der Waals surface area contributed by atoms with Crippen LogP contribution in [0.1, 0.15) is 0 Å². The Morgan fingerprint density at radius 2 is 2.23 bits per heavy atom. The summed E-state index contributed by atoms with van der Waals surface area (Å²) in [5.74, 6) is 0. The van der Waals surface area contributed by atoms with E-state index in [9.17, 15) is 0 Å². The molecule has 0 bridgehead atoms. The lowest BCUT2D eigenvalue weighted by Crippen LogP contribution is -2.00. The number of anilines is 1. The van der Waals surface area contributed by atoms with Crippen molar-refractivity contribution < 1.29 is 0 Å². The topological polar surface area (TPSA) is 56.7 Å². The Labute approximate surface area is 83.5 Å². The van der Waals surface area contributed by atoms with E-state index in [1.165, 1.54) is 6.33 Å². The third kappa shape index (κ3) is 1.42. The zero-order valence-electron chi connectivity index (χ0n) is 6.68. The Morgan fingerprint density at radius 1 is 1.38 bits per heavy atom. The molecule has 0 saturated carbocycles. The Kier molecular flexibility index (Phi) is 2.02. The number of nitrogens with zero attached hydrogens (tertiary/aromatic N) is 3. The van der Waals surface area contributed by atoms with Crippen molar-refractivity contribution in [3.05, 3.63) is 35.3 Å². The van der Waals surface area contributed by atoms with Crippen LogP contribution in [0.2, 0.25) is 0 Å². The minimum absolute atomic E-state index is 0.667. The maximum Gasteiger partial charge on any atom is 0.138 e. The minimum atomic E-state index is 0.667. The highest BCUT2D eigenvalue weighted by Gasteiger charge is 2.05. The number of para-hydroxylation sites is 1. The van der Waals surface area contributed by atoms with E-state index in [4.69, 9.17) is 5.73 Å². The summed E-state index contributed by atoms with van der Waals surface area (Å²) in [5.41, 5.74) is 7.28. The predicted octanol–water partition coefficient (Wildman–Crippen LogP) is 1.61. The second-order valence-corrected chi connectivity index (χ2v) is 3.37. The molecule has 0 aliphatic heterocycles. The first kappa shape index (κ1) is 8.25. The molecule has 0 radical (unpaired) electrons. The van der Waals surface area contributed by atoms with Gasteiger partial charge in [0.1, 0.15) is 18.3 Å². The predicted molar refractivity (Wildman–Crippen MR) is 53.5 cm³/mol. The van der Waals surface area contributed by atoms with E-state index in [2.05, 4.69) is 26.0 Å². The highest BCUT2D eigenvalue weighted by Crippen LogP contribution is 2.25. The van der Waals surface area contributed by atoms with E-state index in [1.54, 1.807) is 11.0 Å². The van der Waals surface area contributed by atoms with Crippen LogP contribution in [-0.2, 0) is 0 Å². The first-order chi connectivity index (χ1) is 6.29. The number of aromatic nitrogens is 3. The van der Waals surface area contributed by atoms with Crippen molar-refractivity contribution in [1.29, 1.82) is 0 Å². The van der Waals surface area contributed by atoms with Gasteiger partial charge in [0.05, 0.1) is 5.69 Å². The molecule has 2 aromatic rings. The van der Waals surface area contributed by atoms with Gasteiger partial charge >= 0.3 is 0 Å². The third-order valence-electron chi connectivity index (χ3n) is 1.67. The van der Waals surface area contributed by atoms with E-state index in [0.717, 1.165) is 10.2 Å². The molecule has 0 fully saturated rings. The molecule has 2 N–H and O–H groups in total. The number of rotatable bonds is 1. The lowest BCUT2D eigenvalue weighted by Gasteiger charge is -2.06. The van der Waals surface area contributed by atoms with Gasteiger partial charge in [0, 0.05) is 4.47 Å². The molecule has 0 aliphatic carbocycles. The third-order valence-corrected chi connectivity index (χ3v) is 2.31. The molecule has 5 heteroatoms. The van der Waals surface area contributed by atoms with E-state index < -0.39 is 0 Å². The summed E-state index contributed by atoms with van der Waals surface area (Å²) in [4.78, 5) is 3.86. The van der Waals surface area contributed by atoms with Crippen LogP contribution in [0.4, 0.5) is 5.69 Å². The Morgan fingerprint density at radius 3 is 2.85 bits per heavy atom. The van der Waals surface area contributed by atoms with Gasteiger partial charge in [-0.1, -0.05) is 6.07 Å². The fourth-order valence-corrected chi connectivity index (χ4v) is 1.66.